The minimum Gasteiger partial charge on any atom is -0.316 e. The molecule has 0 bridgehead atoms. The van der Waals surface area contributed by atoms with Gasteiger partial charge >= 0.3 is 0 Å². The van der Waals surface area contributed by atoms with E-state index in [0.717, 1.165) is 5.56 Å². The molecule has 0 fully saturated rings. The van der Waals surface area contributed by atoms with Gasteiger partial charge in [0, 0.05) is 25.9 Å². The molecule has 19 heavy (non-hydrogen) atoms. The number of hydrogen-bond acceptors (Lipinski definition) is 4. The van der Waals surface area contributed by atoms with Gasteiger partial charge in [0.1, 0.15) is 0 Å². The van der Waals surface area contributed by atoms with Crippen LogP contribution < -0.4 is 10.0 Å². The number of sulfonamides is 1. The minimum atomic E-state index is -3.58. The van der Waals surface area contributed by atoms with Gasteiger partial charge < -0.3 is 5.32 Å². The highest BCUT2D eigenvalue weighted by Gasteiger charge is 2.15. The molecule has 0 atom stereocenters. The van der Waals surface area contributed by atoms with Crippen molar-refractivity contribution < 1.29 is 8.42 Å². The van der Waals surface area contributed by atoms with Gasteiger partial charge in [-0.2, -0.15) is 5.10 Å². The van der Waals surface area contributed by atoms with E-state index < -0.39 is 10.0 Å². The Morgan fingerprint density at radius 3 is 2.42 bits per heavy atom. The Bertz CT molecular complexity index is 647. The van der Waals surface area contributed by atoms with Crippen LogP contribution in [-0.2, 0) is 23.6 Å². The second kappa shape index (κ2) is 5.41. The molecule has 6 nitrogen and oxygen atoms in total. The Kier molecular flexibility index (Phi) is 3.87. The van der Waals surface area contributed by atoms with Crippen LogP contribution in [0.1, 0.15) is 5.56 Å². The molecule has 0 unspecified atom stereocenters. The average Bonchev–Trinajstić information content (AvgIpc) is 2.75. The van der Waals surface area contributed by atoms with Gasteiger partial charge in [-0.25, -0.2) is 8.42 Å². The third kappa shape index (κ3) is 3.33. The zero-order chi connectivity index (χ0) is 13.9. The predicted octanol–water partition coefficient (Wildman–Crippen LogP) is 0.940. The average molecular weight is 280 g/mol. The van der Waals surface area contributed by atoms with Crippen LogP contribution in [0, 0.1) is 0 Å². The summed E-state index contributed by atoms with van der Waals surface area (Å²) in [6.07, 6.45) is 1.67. The molecule has 1 aromatic heterocycles. The standard InChI is InChI=1S/C12H16N4O2S/c1-13-9-10-3-5-11(6-4-10)19(17,18)15-12-7-8-16(2)14-12/h3-8,13H,9H2,1-2H3,(H,14,15). The van der Waals surface area contributed by atoms with Crippen molar-refractivity contribution in [2.24, 2.45) is 7.05 Å². The van der Waals surface area contributed by atoms with Crippen molar-refractivity contribution in [2.75, 3.05) is 11.8 Å². The largest absolute Gasteiger partial charge is 0.316 e. The number of nitrogens with one attached hydrogen (secondary N) is 2. The number of nitrogens with zero attached hydrogens (tertiary/aromatic N) is 2. The van der Waals surface area contributed by atoms with E-state index in [1.165, 1.54) is 4.68 Å². The van der Waals surface area contributed by atoms with Crippen molar-refractivity contribution in [1.29, 1.82) is 0 Å². The summed E-state index contributed by atoms with van der Waals surface area (Å²) in [6, 6.07) is 8.33. The number of aryl methyl sites for hydroxylation is 1. The van der Waals surface area contributed by atoms with Crippen LogP contribution in [0.25, 0.3) is 0 Å². The normalized spacial score (nSPS) is 11.5. The molecule has 2 aromatic rings. The second-order valence-corrected chi connectivity index (χ2v) is 5.84. The molecule has 2 rings (SSSR count). The quantitative estimate of drug-likeness (QED) is 0.854. The molecule has 1 heterocycles. The molecule has 7 heteroatoms. The van der Waals surface area contributed by atoms with E-state index in [-0.39, 0.29) is 4.90 Å². The van der Waals surface area contributed by atoms with Gasteiger partial charge in [-0.1, -0.05) is 12.1 Å². The first-order valence-electron chi connectivity index (χ1n) is 5.77. The summed E-state index contributed by atoms with van der Waals surface area (Å²) in [7, 11) is -0.0109. The molecule has 0 aliphatic carbocycles. The summed E-state index contributed by atoms with van der Waals surface area (Å²) < 4.78 is 28.2. The third-order valence-corrected chi connectivity index (χ3v) is 3.94. The van der Waals surface area contributed by atoms with Crippen molar-refractivity contribution >= 4 is 15.8 Å². The van der Waals surface area contributed by atoms with Gasteiger partial charge in [0.25, 0.3) is 10.0 Å². The number of anilines is 1. The highest BCUT2D eigenvalue weighted by molar-refractivity contribution is 7.92. The summed E-state index contributed by atoms with van der Waals surface area (Å²) >= 11 is 0. The van der Waals surface area contributed by atoms with Crippen LogP contribution in [0.4, 0.5) is 5.82 Å². The molecule has 0 radical (unpaired) electrons. The summed E-state index contributed by atoms with van der Waals surface area (Å²) in [5.41, 5.74) is 1.03. The number of benzene rings is 1. The lowest BCUT2D eigenvalue weighted by Crippen LogP contribution is -2.14. The van der Waals surface area contributed by atoms with E-state index in [0.29, 0.717) is 12.4 Å². The van der Waals surface area contributed by atoms with E-state index >= 15 is 0 Å². The highest BCUT2D eigenvalue weighted by atomic mass is 32.2. The predicted molar refractivity (Wildman–Crippen MR) is 73.2 cm³/mol. The fraction of sp³-hybridized carbons (Fsp3) is 0.250. The van der Waals surface area contributed by atoms with Gasteiger partial charge in [-0.15, -0.1) is 0 Å². The van der Waals surface area contributed by atoms with Crippen LogP contribution in [0.3, 0.4) is 0 Å². The second-order valence-electron chi connectivity index (χ2n) is 4.15. The first kappa shape index (κ1) is 13.6. The summed E-state index contributed by atoms with van der Waals surface area (Å²) in [6.45, 7) is 0.702. The maximum atomic E-state index is 12.1. The Morgan fingerprint density at radius 1 is 1.21 bits per heavy atom. The molecular weight excluding hydrogens is 264 g/mol. The Hall–Kier alpha value is -1.86. The Labute approximate surface area is 112 Å². The van der Waals surface area contributed by atoms with Crippen LogP contribution in [0.2, 0.25) is 0 Å². The third-order valence-electron chi connectivity index (χ3n) is 2.57. The van der Waals surface area contributed by atoms with Crippen molar-refractivity contribution in [3.8, 4) is 0 Å². The molecule has 0 saturated heterocycles. The van der Waals surface area contributed by atoms with Crippen molar-refractivity contribution in [3.63, 3.8) is 0 Å². The molecule has 0 aliphatic rings. The van der Waals surface area contributed by atoms with Crippen LogP contribution in [0.15, 0.2) is 41.4 Å². The van der Waals surface area contributed by atoms with Gasteiger partial charge in [0.15, 0.2) is 5.82 Å². The van der Waals surface area contributed by atoms with Gasteiger partial charge in [-0.05, 0) is 24.7 Å². The maximum Gasteiger partial charge on any atom is 0.263 e. The number of rotatable bonds is 5. The fourth-order valence-corrected chi connectivity index (χ4v) is 2.65. The molecule has 0 amide bonds. The first-order valence-corrected chi connectivity index (χ1v) is 7.25. The van der Waals surface area contributed by atoms with Crippen molar-refractivity contribution in [1.82, 2.24) is 15.1 Å². The highest BCUT2D eigenvalue weighted by Crippen LogP contribution is 2.14. The molecule has 2 N–H and O–H groups in total. The maximum absolute atomic E-state index is 12.1. The zero-order valence-electron chi connectivity index (χ0n) is 10.8. The molecule has 0 aliphatic heterocycles. The lowest BCUT2D eigenvalue weighted by molar-refractivity contribution is 0.601. The fourth-order valence-electron chi connectivity index (χ4n) is 1.66. The first-order chi connectivity index (χ1) is 9.01. The topological polar surface area (TPSA) is 76.0 Å². The molecule has 0 spiro atoms. The molecule has 1 aromatic carbocycles. The lowest BCUT2D eigenvalue weighted by atomic mass is 10.2. The molecular formula is C12H16N4O2S. The lowest BCUT2D eigenvalue weighted by Gasteiger charge is -2.06. The summed E-state index contributed by atoms with van der Waals surface area (Å²) in [5, 5.41) is 6.99. The van der Waals surface area contributed by atoms with E-state index in [1.54, 1.807) is 43.6 Å². The summed E-state index contributed by atoms with van der Waals surface area (Å²) in [5.74, 6) is 0.307. The van der Waals surface area contributed by atoms with Crippen LogP contribution in [-0.4, -0.2) is 25.2 Å². The Balaban J connectivity index is 2.19. The van der Waals surface area contributed by atoms with E-state index in [4.69, 9.17) is 0 Å². The van der Waals surface area contributed by atoms with Gasteiger partial charge in [0.05, 0.1) is 4.90 Å². The van der Waals surface area contributed by atoms with Crippen LogP contribution in [0.5, 0.6) is 0 Å². The smallest absolute Gasteiger partial charge is 0.263 e. The van der Waals surface area contributed by atoms with Gasteiger partial charge in [0.2, 0.25) is 0 Å². The minimum absolute atomic E-state index is 0.220. The summed E-state index contributed by atoms with van der Waals surface area (Å²) in [4.78, 5) is 0.220. The molecule has 0 saturated carbocycles. The van der Waals surface area contributed by atoms with Crippen molar-refractivity contribution in [2.45, 2.75) is 11.4 Å². The molecule has 102 valence electrons. The SMILES string of the molecule is CNCc1ccc(S(=O)(=O)Nc2ccn(C)n2)cc1. The van der Waals surface area contributed by atoms with Gasteiger partial charge in [-0.3, -0.25) is 9.40 Å². The zero-order valence-corrected chi connectivity index (χ0v) is 11.6. The van der Waals surface area contributed by atoms with Crippen LogP contribution >= 0.6 is 0 Å². The monoisotopic (exact) mass is 280 g/mol. The van der Waals surface area contributed by atoms with E-state index in [2.05, 4.69) is 15.1 Å². The number of hydrogen-bond donors (Lipinski definition) is 2. The number of aromatic nitrogens is 2. The Morgan fingerprint density at radius 2 is 1.89 bits per heavy atom. The van der Waals surface area contributed by atoms with E-state index in [1.807, 2.05) is 7.05 Å². The van der Waals surface area contributed by atoms with Crippen molar-refractivity contribution in [3.05, 3.63) is 42.1 Å². The van der Waals surface area contributed by atoms with E-state index in [9.17, 15) is 8.42 Å².